The van der Waals surface area contributed by atoms with Crippen LogP contribution in [0.1, 0.15) is 37.7 Å². The molecule has 1 amide bonds. The molecule has 4 rings (SSSR count). The van der Waals surface area contributed by atoms with Gasteiger partial charge in [-0.05, 0) is 49.4 Å². The third kappa shape index (κ3) is 3.15. The molecule has 0 aromatic heterocycles. The lowest BCUT2D eigenvalue weighted by molar-refractivity contribution is -0.122. The van der Waals surface area contributed by atoms with E-state index >= 15 is 0 Å². The van der Waals surface area contributed by atoms with Crippen LogP contribution in [-0.2, 0) is 19.7 Å². The summed E-state index contributed by atoms with van der Waals surface area (Å²) >= 11 is 0. The van der Waals surface area contributed by atoms with Gasteiger partial charge in [0.1, 0.15) is 0 Å². The van der Waals surface area contributed by atoms with Crippen LogP contribution >= 0.6 is 0 Å². The second-order valence-corrected chi connectivity index (χ2v) is 7.66. The molecule has 5 nitrogen and oxygen atoms in total. The van der Waals surface area contributed by atoms with Crippen LogP contribution < -0.4 is 10.2 Å². The van der Waals surface area contributed by atoms with Crippen LogP contribution in [0, 0.1) is 5.92 Å². The molecule has 5 heteroatoms. The fourth-order valence-electron chi connectivity index (χ4n) is 4.36. The summed E-state index contributed by atoms with van der Waals surface area (Å²) in [4.78, 5) is 14.7. The standard InChI is InChI=1S/C20H28N2O3/c1-24-12-9-22-14-20(7-10-25-11-8-20)17-13-16(5-6-18(17)22)21-19(23)15-3-2-4-15/h5-6,13,15H,2-4,7-12,14H2,1H3,(H,21,23). The van der Waals surface area contributed by atoms with Crippen molar-refractivity contribution in [3.63, 3.8) is 0 Å². The van der Waals surface area contributed by atoms with Crippen LogP contribution in [0.3, 0.4) is 0 Å². The van der Waals surface area contributed by atoms with Gasteiger partial charge in [-0.25, -0.2) is 0 Å². The van der Waals surface area contributed by atoms with Crippen LogP contribution in [0.2, 0.25) is 0 Å². The number of anilines is 2. The monoisotopic (exact) mass is 344 g/mol. The predicted molar refractivity (Wildman–Crippen MR) is 98.2 cm³/mol. The van der Waals surface area contributed by atoms with Gasteiger partial charge in [0.15, 0.2) is 0 Å². The largest absolute Gasteiger partial charge is 0.383 e. The fraction of sp³-hybridized carbons (Fsp3) is 0.650. The van der Waals surface area contributed by atoms with Gasteiger partial charge in [0.05, 0.1) is 6.61 Å². The first kappa shape index (κ1) is 16.9. The van der Waals surface area contributed by atoms with E-state index in [1.54, 1.807) is 7.11 Å². The molecule has 25 heavy (non-hydrogen) atoms. The highest BCUT2D eigenvalue weighted by Crippen LogP contribution is 2.47. The molecule has 1 spiro atoms. The molecular formula is C20H28N2O3. The number of hydrogen-bond acceptors (Lipinski definition) is 4. The predicted octanol–water partition coefficient (Wildman–Crippen LogP) is 2.94. The summed E-state index contributed by atoms with van der Waals surface area (Å²) in [5, 5.41) is 3.14. The highest BCUT2D eigenvalue weighted by molar-refractivity contribution is 5.93. The van der Waals surface area contributed by atoms with Crippen molar-refractivity contribution in [2.75, 3.05) is 50.2 Å². The van der Waals surface area contributed by atoms with Gasteiger partial charge in [-0.2, -0.15) is 0 Å². The first-order valence-corrected chi connectivity index (χ1v) is 9.49. The molecule has 3 aliphatic rings. The molecule has 0 atom stereocenters. The van der Waals surface area contributed by atoms with E-state index in [2.05, 4.69) is 22.3 Å². The number of methoxy groups -OCH3 is 1. The smallest absolute Gasteiger partial charge is 0.227 e. The van der Waals surface area contributed by atoms with E-state index < -0.39 is 0 Å². The summed E-state index contributed by atoms with van der Waals surface area (Å²) in [6, 6.07) is 6.43. The maximum absolute atomic E-state index is 12.3. The Kier molecular flexibility index (Phi) is 4.69. The summed E-state index contributed by atoms with van der Waals surface area (Å²) in [5.41, 5.74) is 3.76. The van der Waals surface area contributed by atoms with Crippen LogP contribution in [0.25, 0.3) is 0 Å². The molecule has 136 valence electrons. The molecule has 1 N–H and O–H groups in total. The number of benzene rings is 1. The van der Waals surface area contributed by atoms with Crippen molar-refractivity contribution in [2.24, 2.45) is 5.92 Å². The van der Waals surface area contributed by atoms with Crippen LogP contribution in [-0.4, -0.2) is 45.9 Å². The van der Waals surface area contributed by atoms with E-state index in [0.717, 1.165) is 64.3 Å². The van der Waals surface area contributed by atoms with E-state index in [-0.39, 0.29) is 17.2 Å². The van der Waals surface area contributed by atoms with E-state index in [4.69, 9.17) is 9.47 Å². The minimum atomic E-state index is 0.151. The van der Waals surface area contributed by atoms with Gasteiger partial charge in [-0.15, -0.1) is 0 Å². The summed E-state index contributed by atoms with van der Waals surface area (Å²) in [7, 11) is 1.75. The van der Waals surface area contributed by atoms with Crippen molar-refractivity contribution >= 4 is 17.3 Å². The van der Waals surface area contributed by atoms with Crippen molar-refractivity contribution in [3.05, 3.63) is 23.8 Å². The molecule has 0 radical (unpaired) electrons. The second-order valence-electron chi connectivity index (χ2n) is 7.66. The molecule has 0 unspecified atom stereocenters. The molecule has 1 saturated carbocycles. The number of carbonyl (C=O) groups excluding carboxylic acids is 1. The second kappa shape index (κ2) is 6.96. The van der Waals surface area contributed by atoms with Gasteiger partial charge in [0.25, 0.3) is 0 Å². The van der Waals surface area contributed by atoms with Gasteiger partial charge in [-0.3, -0.25) is 4.79 Å². The minimum Gasteiger partial charge on any atom is -0.383 e. The average Bonchev–Trinajstić information content (AvgIpc) is 2.85. The highest BCUT2D eigenvalue weighted by Gasteiger charge is 2.43. The maximum Gasteiger partial charge on any atom is 0.227 e. The van der Waals surface area contributed by atoms with Crippen molar-refractivity contribution in [3.8, 4) is 0 Å². The Bertz CT molecular complexity index is 636. The highest BCUT2D eigenvalue weighted by atomic mass is 16.5. The Labute approximate surface area is 149 Å². The Hall–Kier alpha value is -1.59. The number of nitrogens with one attached hydrogen (secondary N) is 1. The maximum atomic E-state index is 12.3. The normalized spacial score (nSPS) is 21.9. The summed E-state index contributed by atoms with van der Waals surface area (Å²) < 4.78 is 10.9. The molecule has 2 aliphatic heterocycles. The van der Waals surface area contributed by atoms with Crippen LogP contribution in [0.15, 0.2) is 18.2 Å². The molecule has 0 bridgehead atoms. The topological polar surface area (TPSA) is 50.8 Å². The lowest BCUT2D eigenvalue weighted by Crippen LogP contribution is -2.39. The Morgan fingerprint density at radius 1 is 1.36 bits per heavy atom. The molecule has 1 aliphatic carbocycles. The Morgan fingerprint density at radius 2 is 2.16 bits per heavy atom. The molecular weight excluding hydrogens is 316 g/mol. The van der Waals surface area contributed by atoms with Gasteiger partial charge in [0, 0.05) is 56.1 Å². The number of nitrogens with zero attached hydrogens (tertiary/aromatic N) is 1. The minimum absolute atomic E-state index is 0.151. The lowest BCUT2D eigenvalue weighted by Gasteiger charge is -2.34. The van der Waals surface area contributed by atoms with Crippen molar-refractivity contribution < 1.29 is 14.3 Å². The Balaban J connectivity index is 1.59. The van der Waals surface area contributed by atoms with Gasteiger partial charge in [0.2, 0.25) is 5.91 Å². The van der Waals surface area contributed by atoms with Crippen LogP contribution in [0.5, 0.6) is 0 Å². The number of fused-ring (bicyclic) bond motifs is 2. The number of carbonyl (C=O) groups is 1. The zero-order valence-corrected chi connectivity index (χ0v) is 15.1. The first-order valence-electron chi connectivity index (χ1n) is 9.49. The first-order chi connectivity index (χ1) is 12.2. The number of hydrogen-bond donors (Lipinski definition) is 1. The quantitative estimate of drug-likeness (QED) is 0.892. The fourth-order valence-corrected chi connectivity index (χ4v) is 4.36. The summed E-state index contributed by atoms with van der Waals surface area (Å²) in [5.74, 6) is 0.393. The van der Waals surface area contributed by atoms with Crippen molar-refractivity contribution in [1.82, 2.24) is 0 Å². The summed E-state index contributed by atoms with van der Waals surface area (Å²) in [6.07, 6.45) is 5.33. The van der Waals surface area contributed by atoms with E-state index in [1.807, 2.05) is 6.07 Å². The third-order valence-electron chi connectivity index (χ3n) is 6.16. The van der Waals surface area contributed by atoms with E-state index in [1.165, 1.54) is 17.7 Å². The zero-order valence-electron chi connectivity index (χ0n) is 15.1. The van der Waals surface area contributed by atoms with Crippen molar-refractivity contribution in [1.29, 1.82) is 0 Å². The summed E-state index contributed by atoms with van der Waals surface area (Å²) in [6.45, 7) is 4.29. The third-order valence-corrected chi connectivity index (χ3v) is 6.16. The van der Waals surface area contributed by atoms with Gasteiger partial charge < -0.3 is 19.7 Å². The molecule has 1 aromatic rings. The van der Waals surface area contributed by atoms with Gasteiger partial charge in [-0.1, -0.05) is 6.42 Å². The molecule has 1 saturated heterocycles. The lowest BCUT2D eigenvalue weighted by atomic mass is 9.75. The van der Waals surface area contributed by atoms with Gasteiger partial charge >= 0.3 is 0 Å². The SMILES string of the molecule is COCCN1CC2(CCOCC2)c2cc(NC(=O)C3CCC3)ccc21. The number of amides is 1. The van der Waals surface area contributed by atoms with Crippen LogP contribution in [0.4, 0.5) is 11.4 Å². The molecule has 2 heterocycles. The Morgan fingerprint density at radius 3 is 2.84 bits per heavy atom. The van der Waals surface area contributed by atoms with Crippen molar-refractivity contribution in [2.45, 2.75) is 37.5 Å². The zero-order chi connectivity index (χ0) is 17.3. The molecule has 2 fully saturated rings. The number of rotatable bonds is 5. The average molecular weight is 344 g/mol. The number of ether oxygens (including phenoxy) is 2. The van der Waals surface area contributed by atoms with E-state index in [9.17, 15) is 4.79 Å². The van der Waals surface area contributed by atoms with E-state index in [0.29, 0.717) is 0 Å². The molecule has 1 aromatic carbocycles.